The van der Waals surface area contributed by atoms with Crippen molar-refractivity contribution < 1.29 is 14.3 Å². The molecule has 2 heterocycles. The molecule has 0 saturated heterocycles. The fourth-order valence-electron chi connectivity index (χ4n) is 4.62. The van der Waals surface area contributed by atoms with Crippen molar-refractivity contribution in [3.63, 3.8) is 0 Å². The lowest BCUT2D eigenvalue weighted by Crippen LogP contribution is -2.39. The van der Waals surface area contributed by atoms with Gasteiger partial charge in [0, 0.05) is 22.7 Å². The average Bonchev–Trinajstić information content (AvgIpc) is 3.80. The Morgan fingerprint density at radius 2 is 1.97 bits per heavy atom. The monoisotopic (exact) mass is 504 g/mol. The van der Waals surface area contributed by atoms with Crippen molar-refractivity contribution in [3.8, 4) is 5.75 Å². The number of hydrogen-bond acceptors (Lipinski definition) is 6. The van der Waals surface area contributed by atoms with E-state index >= 15 is 0 Å². The zero-order valence-electron chi connectivity index (χ0n) is 20.5. The van der Waals surface area contributed by atoms with Crippen molar-refractivity contribution in [3.05, 3.63) is 64.3 Å². The maximum atomic E-state index is 12.7. The van der Waals surface area contributed by atoms with Gasteiger partial charge < -0.3 is 9.47 Å². The summed E-state index contributed by atoms with van der Waals surface area (Å²) in [6.45, 7) is 5.17. The molecule has 2 aliphatic carbocycles. The highest BCUT2D eigenvalue weighted by atomic mass is 35.5. The Labute approximate surface area is 215 Å². The van der Waals surface area contributed by atoms with E-state index in [2.05, 4.69) is 12.1 Å². The minimum Gasteiger partial charge on any atom is -0.492 e. The number of hydrogen-bond donors (Lipinski definition) is 0. The van der Waals surface area contributed by atoms with Crippen LogP contribution >= 0.6 is 11.6 Å². The molecule has 0 N–H and O–H groups in total. The quantitative estimate of drug-likeness (QED) is 0.370. The van der Waals surface area contributed by atoms with Gasteiger partial charge in [-0.3, -0.25) is 9.69 Å². The van der Waals surface area contributed by atoms with E-state index in [-0.39, 0.29) is 5.97 Å². The maximum Gasteiger partial charge on any atom is 0.330 e. The smallest absolute Gasteiger partial charge is 0.330 e. The van der Waals surface area contributed by atoms with E-state index in [1.807, 2.05) is 54.0 Å². The van der Waals surface area contributed by atoms with Crippen molar-refractivity contribution in [1.29, 1.82) is 0 Å². The summed E-state index contributed by atoms with van der Waals surface area (Å²) in [4.78, 5) is 12.7. The van der Waals surface area contributed by atoms with Gasteiger partial charge in [0.15, 0.2) is 0 Å². The molecule has 3 aliphatic rings. The number of esters is 1. The highest BCUT2D eigenvalue weighted by molar-refractivity contribution is 6.32. The van der Waals surface area contributed by atoms with Gasteiger partial charge in [0.1, 0.15) is 11.8 Å². The molecule has 1 atom stereocenters. The van der Waals surface area contributed by atoms with Gasteiger partial charge in [0.25, 0.3) is 0 Å². The Morgan fingerprint density at radius 1 is 1.19 bits per heavy atom. The molecule has 186 valence electrons. The van der Waals surface area contributed by atoms with Crippen molar-refractivity contribution in [2.45, 2.75) is 52.1 Å². The van der Waals surface area contributed by atoms with Crippen molar-refractivity contribution in [2.24, 2.45) is 11.0 Å². The maximum absolute atomic E-state index is 12.7. The van der Waals surface area contributed by atoms with Crippen LogP contribution < -0.4 is 4.74 Å². The van der Waals surface area contributed by atoms with Crippen LogP contribution in [0.2, 0.25) is 5.02 Å². The standard InChI is InChI=1S/C28H29ClN4O3/c1-3-35-28(34)17(2)33-27(19-10-11-19)22-7-5-4-6-21(22)25(31-33)15-32-14-20-12-26(36-16-18-8-9-18)23(29)13-24(20)30-32/h4-7,12-14,17-18H,3,8-11,15-16H2,1-2H3. The molecule has 3 aromatic rings. The van der Waals surface area contributed by atoms with E-state index < -0.39 is 6.04 Å². The van der Waals surface area contributed by atoms with E-state index in [0.717, 1.165) is 46.3 Å². The second-order valence-corrected chi connectivity index (χ2v) is 10.1. The molecule has 2 fully saturated rings. The second-order valence-electron chi connectivity index (χ2n) is 9.74. The lowest BCUT2D eigenvalue weighted by Gasteiger charge is -2.33. The molecular formula is C28H29ClN4O3. The van der Waals surface area contributed by atoms with Crippen LogP contribution in [-0.4, -0.2) is 45.7 Å². The van der Waals surface area contributed by atoms with Crippen LogP contribution in [0.25, 0.3) is 16.6 Å². The molecule has 0 spiro atoms. The zero-order valence-corrected chi connectivity index (χ0v) is 21.3. The highest BCUT2D eigenvalue weighted by Crippen LogP contribution is 2.42. The second kappa shape index (κ2) is 9.28. The van der Waals surface area contributed by atoms with Crippen LogP contribution in [0.3, 0.4) is 0 Å². The minimum absolute atomic E-state index is 0.281. The molecule has 0 amide bonds. The lowest BCUT2D eigenvalue weighted by molar-refractivity contribution is -0.147. The van der Waals surface area contributed by atoms with Gasteiger partial charge in [-0.15, -0.1) is 0 Å². The number of carbonyl (C=O) groups is 1. The van der Waals surface area contributed by atoms with E-state index in [4.69, 9.17) is 31.3 Å². The third kappa shape index (κ3) is 4.48. The van der Waals surface area contributed by atoms with Crippen LogP contribution in [0.1, 0.15) is 50.7 Å². The summed E-state index contributed by atoms with van der Waals surface area (Å²) in [5, 5.41) is 13.2. The minimum atomic E-state index is -0.530. The average molecular weight is 505 g/mol. The van der Waals surface area contributed by atoms with E-state index in [9.17, 15) is 4.79 Å². The molecule has 0 bridgehead atoms. The summed E-state index contributed by atoms with van der Waals surface area (Å²) in [5.41, 5.74) is 6.16. The van der Waals surface area contributed by atoms with Gasteiger partial charge in [-0.05, 0) is 63.2 Å². The van der Waals surface area contributed by atoms with E-state index in [0.29, 0.717) is 36.4 Å². The summed E-state index contributed by atoms with van der Waals surface area (Å²) in [6, 6.07) is 11.5. The number of benzene rings is 2. The molecule has 1 unspecified atom stereocenters. The molecule has 36 heavy (non-hydrogen) atoms. The number of hydrazone groups is 1. The number of fused-ring (bicyclic) bond motifs is 2. The Hall–Kier alpha value is -3.32. The number of allylic oxidation sites excluding steroid dienone is 1. The Bertz CT molecular complexity index is 1400. The van der Waals surface area contributed by atoms with Crippen molar-refractivity contribution in [1.82, 2.24) is 14.8 Å². The zero-order chi connectivity index (χ0) is 24.8. The third-order valence-electron chi connectivity index (χ3n) is 6.87. The first-order valence-corrected chi connectivity index (χ1v) is 13.0. The van der Waals surface area contributed by atoms with Gasteiger partial charge in [-0.1, -0.05) is 35.9 Å². The van der Waals surface area contributed by atoms with Crippen LogP contribution in [0.4, 0.5) is 0 Å². The highest BCUT2D eigenvalue weighted by Gasteiger charge is 2.35. The molecule has 1 aliphatic heterocycles. The molecule has 8 heteroatoms. The Kier molecular flexibility index (Phi) is 5.96. The van der Waals surface area contributed by atoms with Crippen LogP contribution in [-0.2, 0) is 16.1 Å². The third-order valence-corrected chi connectivity index (χ3v) is 7.16. The number of aromatic nitrogens is 2. The summed E-state index contributed by atoms with van der Waals surface area (Å²) in [7, 11) is 0. The van der Waals surface area contributed by atoms with Crippen LogP contribution in [0.15, 0.2) is 53.3 Å². The lowest BCUT2D eigenvalue weighted by atomic mass is 9.97. The van der Waals surface area contributed by atoms with Gasteiger partial charge in [0.05, 0.1) is 41.7 Å². The fourth-order valence-corrected chi connectivity index (χ4v) is 4.84. The van der Waals surface area contributed by atoms with Crippen LogP contribution in [0, 0.1) is 5.92 Å². The van der Waals surface area contributed by atoms with Crippen molar-refractivity contribution >= 4 is 39.9 Å². The van der Waals surface area contributed by atoms with Crippen molar-refractivity contribution in [2.75, 3.05) is 13.2 Å². The number of rotatable bonds is 8. The molecule has 6 rings (SSSR count). The Morgan fingerprint density at radius 3 is 2.69 bits per heavy atom. The van der Waals surface area contributed by atoms with Crippen LogP contribution in [0.5, 0.6) is 5.75 Å². The molecule has 0 radical (unpaired) electrons. The first-order chi connectivity index (χ1) is 17.5. The molecule has 2 aromatic carbocycles. The fraction of sp³-hybridized carbons (Fsp3) is 0.393. The first kappa shape index (κ1) is 23.1. The van der Waals surface area contributed by atoms with E-state index in [1.54, 1.807) is 0 Å². The summed E-state index contributed by atoms with van der Waals surface area (Å²) < 4.78 is 13.2. The normalized spacial score (nSPS) is 17.6. The largest absolute Gasteiger partial charge is 0.492 e. The first-order valence-electron chi connectivity index (χ1n) is 12.7. The molecular weight excluding hydrogens is 476 g/mol. The molecule has 7 nitrogen and oxygen atoms in total. The summed E-state index contributed by atoms with van der Waals surface area (Å²) in [5.74, 6) is 1.07. The SMILES string of the molecule is CCOC(=O)C(C)N1N=C(Cn2cc3cc(OCC4CC4)c(Cl)cc3n2)c2ccccc2C1=C1CC1. The predicted molar refractivity (Wildman–Crippen MR) is 140 cm³/mol. The summed E-state index contributed by atoms with van der Waals surface area (Å²) >= 11 is 6.48. The summed E-state index contributed by atoms with van der Waals surface area (Å²) in [6.07, 6.45) is 6.50. The predicted octanol–water partition coefficient (Wildman–Crippen LogP) is 5.65. The number of ether oxygens (including phenoxy) is 2. The van der Waals surface area contributed by atoms with Gasteiger partial charge in [0.2, 0.25) is 0 Å². The Balaban J connectivity index is 1.35. The number of halogens is 1. The van der Waals surface area contributed by atoms with E-state index in [1.165, 1.54) is 18.4 Å². The van der Waals surface area contributed by atoms with Gasteiger partial charge in [-0.25, -0.2) is 4.79 Å². The molecule has 2 saturated carbocycles. The number of nitrogens with zero attached hydrogens (tertiary/aromatic N) is 4. The van der Waals surface area contributed by atoms with Gasteiger partial charge >= 0.3 is 5.97 Å². The topological polar surface area (TPSA) is 69.0 Å². The molecule has 1 aromatic heterocycles. The van der Waals surface area contributed by atoms with Gasteiger partial charge in [-0.2, -0.15) is 10.2 Å². The number of carbonyl (C=O) groups excluding carboxylic acids is 1.